The minimum Gasteiger partial charge on any atom is -0.265 e. The van der Waals surface area contributed by atoms with Crippen LogP contribution in [-0.2, 0) is 0 Å². The minimum atomic E-state index is 0.573. The molecule has 1 nitrogen and oxygen atoms in total. The molecule has 1 unspecified atom stereocenters. The Hall–Kier alpha value is -1.03. The lowest BCUT2D eigenvalue weighted by molar-refractivity contribution is 0.563. The van der Waals surface area contributed by atoms with Crippen LogP contribution in [0.2, 0.25) is 0 Å². The molecular formula is C14H21N. The van der Waals surface area contributed by atoms with Crippen molar-refractivity contribution < 1.29 is 0 Å². The second kappa shape index (κ2) is 6.45. The van der Waals surface area contributed by atoms with Crippen molar-refractivity contribution in [3.05, 3.63) is 11.3 Å². The molecule has 1 aliphatic rings. The zero-order chi connectivity index (χ0) is 11.1. The molecule has 1 heteroatoms. The van der Waals surface area contributed by atoms with E-state index in [0.29, 0.717) is 5.92 Å². The fourth-order valence-corrected chi connectivity index (χ4v) is 1.80. The molecule has 0 aliphatic heterocycles. The summed E-state index contributed by atoms with van der Waals surface area (Å²) in [6, 6.07) is 0. The Labute approximate surface area is 93.7 Å². The van der Waals surface area contributed by atoms with Gasteiger partial charge >= 0.3 is 0 Å². The van der Waals surface area contributed by atoms with Gasteiger partial charge in [-0.2, -0.15) is 0 Å². The summed E-state index contributed by atoms with van der Waals surface area (Å²) in [6.45, 7) is 6.49. The van der Waals surface area contributed by atoms with Gasteiger partial charge in [-0.25, -0.2) is 0 Å². The van der Waals surface area contributed by atoms with Gasteiger partial charge in [0.05, 0.1) is 0 Å². The van der Waals surface area contributed by atoms with Crippen LogP contribution in [0.5, 0.6) is 0 Å². The predicted molar refractivity (Wildman–Crippen MR) is 66.9 cm³/mol. The topological polar surface area (TPSA) is 12.4 Å². The zero-order valence-electron chi connectivity index (χ0n) is 10.1. The van der Waals surface area contributed by atoms with E-state index in [9.17, 15) is 0 Å². The smallest absolute Gasteiger partial charge is 0.0426 e. The minimum absolute atomic E-state index is 0.573. The van der Waals surface area contributed by atoms with Crippen LogP contribution in [0.3, 0.4) is 0 Å². The third kappa shape index (κ3) is 3.91. The number of aliphatic imine (C=N–C) groups is 1. The van der Waals surface area contributed by atoms with Crippen molar-refractivity contribution in [3.8, 4) is 11.8 Å². The van der Waals surface area contributed by atoms with E-state index in [2.05, 4.69) is 43.8 Å². The molecule has 0 fully saturated rings. The maximum Gasteiger partial charge on any atom is 0.0426 e. The van der Waals surface area contributed by atoms with Crippen LogP contribution in [0.25, 0.3) is 0 Å². The van der Waals surface area contributed by atoms with Crippen molar-refractivity contribution in [2.24, 2.45) is 10.9 Å². The molecule has 0 aromatic heterocycles. The maximum atomic E-state index is 4.62. The standard InChI is InChI=1S/C14H21N/c1-4-5-11-15-14(12(2)3)13-9-7-6-8-10-13/h11,13H,4-5,7,9-10H2,1-3H3. The Morgan fingerprint density at radius 3 is 2.73 bits per heavy atom. The molecule has 0 N–H and O–H groups in total. The zero-order valence-corrected chi connectivity index (χ0v) is 10.1. The molecular weight excluding hydrogens is 182 g/mol. The van der Waals surface area contributed by atoms with Gasteiger partial charge in [0, 0.05) is 30.7 Å². The van der Waals surface area contributed by atoms with E-state index in [0.717, 1.165) is 19.3 Å². The number of hydrogen-bond acceptors (Lipinski definition) is 1. The van der Waals surface area contributed by atoms with Gasteiger partial charge in [-0.05, 0) is 26.7 Å². The number of hydrogen-bond donors (Lipinski definition) is 0. The van der Waals surface area contributed by atoms with Crippen molar-refractivity contribution in [2.75, 3.05) is 0 Å². The van der Waals surface area contributed by atoms with Crippen LogP contribution < -0.4 is 0 Å². The Kier molecular flexibility index (Phi) is 5.18. The third-order valence-electron chi connectivity index (χ3n) is 2.64. The Bertz CT molecular complexity index is 308. The molecule has 0 saturated heterocycles. The lowest BCUT2D eigenvalue weighted by atomic mass is 9.91. The highest BCUT2D eigenvalue weighted by Crippen LogP contribution is 2.26. The highest BCUT2D eigenvalue weighted by Gasteiger charge is 2.15. The van der Waals surface area contributed by atoms with Crippen molar-refractivity contribution in [1.29, 1.82) is 0 Å². The van der Waals surface area contributed by atoms with Gasteiger partial charge in [-0.1, -0.05) is 18.9 Å². The molecule has 0 aromatic carbocycles. The van der Waals surface area contributed by atoms with Crippen molar-refractivity contribution >= 4 is 6.21 Å². The largest absolute Gasteiger partial charge is 0.265 e. The highest BCUT2D eigenvalue weighted by molar-refractivity contribution is 5.59. The van der Waals surface area contributed by atoms with Crippen molar-refractivity contribution in [3.63, 3.8) is 0 Å². The van der Waals surface area contributed by atoms with Gasteiger partial charge < -0.3 is 0 Å². The van der Waals surface area contributed by atoms with E-state index in [-0.39, 0.29) is 0 Å². The lowest BCUT2D eigenvalue weighted by Crippen LogP contribution is -2.06. The number of allylic oxidation sites excluding steroid dienone is 2. The highest BCUT2D eigenvalue weighted by atomic mass is 14.7. The fourth-order valence-electron chi connectivity index (χ4n) is 1.80. The molecule has 15 heavy (non-hydrogen) atoms. The van der Waals surface area contributed by atoms with Gasteiger partial charge in [-0.15, -0.1) is 11.8 Å². The van der Waals surface area contributed by atoms with Crippen LogP contribution in [0.15, 0.2) is 16.3 Å². The number of nitrogens with zero attached hydrogens (tertiary/aromatic N) is 1. The van der Waals surface area contributed by atoms with Gasteiger partial charge in [0.2, 0.25) is 0 Å². The summed E-state index contributed by atoms with van der Waals surface area (Å²) in [5, 5.41) is 0. The molecule has 0 aromatic rings. The number of unbranched alkanes of at least 4 members (excludes halogenated alkanes) is 1. The van der Waals surface area contributed by atoms with Crippen LogP contribution in [0, 0.1) is 17.8 Å². The average molecular weight is 203 g/mol. The summed E-state index contributed by atoms with van der Waals surface area (Å²) in [5.74, 6) is 6.93. The summed E-state index contributed by atoms with van der Waals surface area (Å²) < 4.78 is 0. The van der Waals surface area contributed by atoms with Gasteiger partial charge in [0.1, 0.15) is 0 Å². The first-order valence-corrected chi connectivity index (χ1v) is 5.91. The second-order valence-corrected chi connectivity index (χ2v) is 4.28. The van der Waals surface area contributed by atoms with Crippen LogP contribution >= 0.6 is 0 Å². The Balaban J connectivity index is 2.68. The van der Waals surface area contributed by atoms with Crippen LogP contribution in [0.4, 0.5) is 0 Å². The summed E-state index contributed by atoms with van der Waals surface area (Å²) >= 11 is 0. The van der Waals surface area contributed by atoms with Gasteiger partial charge in [0.25, 0.3) is 0 Å². The molecule has 1 atom stereocenters. The first-order chi connectivity index (χ1) is 7.25. The van der Waals surface area contributed by atoms with E-state index in [4.69, 9.17) is 0 Å². The Morgan fingerprint density at radius 1 is 1.40 bits per heavy atom. The summed E-state index contributed by atoms with van der Waals surface area (Å²) in [6.07, 6.45) is 7.51. The fraction of sp³-hybridized carbons (Fsp3) is 0.643. The molecule has 0 amide bonds. The molecule has 0 heterocycles. The van der Waals surface area contributed by atoms with Crippen LogP contribution in [-0.4, -0.2) is 6.21 Å². The van der Waals surface area contributed by atoms with E-state index in [1.165, 1.54) is 24.1 Å². The normalized spacial score (nSPS) is 19.8. The second-order valence-electron chi connectivity index (χ2n) is 4.28. The van der Waals surface area contributed by atoms with E-state index in [1.807, 2.05) is 0 Å². The van der Waals surface area contributed by atoms with E-state index in [1.54, 1.807) is 0 Å². The number of rotatable bonds is 4. The molecule has 0 saturated carbocycles. The first kappa shape index (κ1) is 12.0. The molecule has 0 spiro atoms. The molecule has 0 bridgehead atoms. The first-order valence-electron chi connectivity index (χ1n) is 5.91. The molecule has 0 radical (unpaired) electrons. The Morgan fingerprint density at radius 2 is 2.20 bits per heavy atom. The van der Waals surface area contributed by atoms with Crippen LogP contribution in [0.1, 0.15) is 52.9 Å². The summed E-state index contributed by atoms with van der Waals surface area (Å²) in [5.41, 5.74) is 2.62. The third-order valence-corrected chi connectivity index (χ3v) is 2.64. The summed E-state index contributed by atoms with van der Waals surface area (Å²) in [7, 11) is 0. The lowest BCUT2D eigenvalue weighted by Gasteiger charge is -2.17. The van der Waals surface area contributed by atoms with Gasteiger partial charge in [-0.3, -0.25) is 4.99 Å². The quantitative estimate of drug-likeness (QED) is 0.484. The maximum absolute atomic E-state index is 4.62. The summed E-state index contributed by atoms with van der Waals surface area (Å²) in [4.78, 5) is 4.62. The van der Waals surface area contributed by atoms with Gasteiger partial charge in [0.15, 0.2) is 0 Å². The predicted octanol–water partition coefficient (Wildman–Crippen LogP) is 3.95. The van der Waals surface area contributed by atoms with E-state index >= 15 is 0 Å². The molecule has 1 aliphatic carbocycles. The monoisotopic (exact) mass is 203 g/mol. The SMILES string of the molecule is CCCC=NC(=C(C)C)C1CC#CCC1. The average Bonchev–Trinajstić information content (AvgIpc) is 2.25. The molecule has 82 valence electrons. The molecule has 1 rings (SSSR count). The van der Waals surface area contributed by atoms with E-state index < -0.39 is 0 Å². The van der Waals surface area contributed by atoms with Crippen molar-refractivity contribution in [1.82, 2.24) is 0 Å². The van der Waals surface area contributed by atoms with Crippen molar-refractivity contribution in [2.45, 2.75) is 52.9 Å².